The third-order valence-corrected chi connectivity index (χ3v) is 4.61. The maximum absolute atomic E-state index is 12.1. The van der Waals surface area contributed by atoms with E-state index in [0.29, 0.717) is 6.61 Å². The van der Waals surface area contributed by atoms with E-state index in [9.17, 15) is 9.90 Å². The van der Waals surface area contributed by atoms with Crippen LogP contribution in [-0.4, -0.2) is 61.9 Å². The number of aliphatic hydroxyl groups excluding tert-OH is 1. The number of hydrogen-bond donors (Lipinski definition) is 2. The molecule has 2 fully saturated rings. The second-order valence-electron chi connectivity index (χ2n) is 6.21. The van der Waals surface area contributed by atoms with Gasteiger partial charge in [0.05, 0.1) is 11.5 Å². The van der Waals surface area contributed by atoms with Gasteiger partial charge in [0.1, 0.15) is 0 Å². The predicted octanol–water partition coefficient (Wildman–Crippen LogP) is 0.766. The number of ether oxygens (including phenoxy) is 1. The largest absolute Gasteiger partial charge is 0.393 e. The normalized spacial score (nSPS) is 22.7. The molecule has 0 bridgehead atoms. The first kappa shape index (κ1) is 15.7. The highest BCUT2D eigenvalue weighted by molar-refractivity contribution is 5.85. The summed E-state index contributed by atoms with van der Waals surface area (Å²) in [4.78, 5) is 14.5. The third-order valence-electron chi connectivity index (χ3n) is 4.61. The van der Waals surface area contributed by atoms with Crippen molar-refractivity contribution < 1.29 is 14.6 Å². The Morgan fingerprint density at radius 1 is 1.40 bits per heavy atom. The van der Waals surface area contributed by atoms with Crippen LogP contribution in [0.5, 0.6) is 0 Å². The van der Waals surface area contributed by atoms with E-state index < -0.39 is 0 Å². The van der Waals surface area contributed by atoms with Crippen molar-refractivity contribution in [3.05, 3.63) is 0 Å². The zero-order valence-electron chi connectivity index (χ0n) is 12.6. The molecule has 1 amide bonds. The Hall–Kier alpha value is -0.650. The van der Waals surface area contributed by atoms with Crippen LogP contribution in [0.2, 0.25) is 0 Å². The van der Waals surface area contributed by atoms with Gasteiger partial charge < -0.3 is 20.1 Å². The second kappa shape index (κ2) is 7.38. The molecule has 2 N–H and O–H groups in total. The molecule has 2 aliphatic rings. The van der Waals surface area contributed by atoms with E-state index in [4.69, 9.17) is 4.74 Å². The maximum Gasteiger partial charge on any atom is 0.226 e. The fraction of sp³-hybridized carbons (Fsp3) is 0.933. The Morgan fingerprint density at radius 3 is 2.70 bits per heavy atom. The molecule has 1 saturated heterocycles. The smallest absolute Gasteiger partial charge is 0.226 e. The summed E-state index contributed by atoms with van der Waals surface area (Å²) in [6, 6.07) is 0. The summed E-state index contributed by atoms with van der Waals surface area (Å²) >= 11 is 0. The van der Waals surface area contributed by atoms with Gasteiger partial charge in [0.2, 0.25) is 5.91 Å². The van der Waals surface area contributed by atoms with Crippen LogP contribution in [0.25, 0.3) is 0 Å². The van der Waals surface area contributed by atoms with Crippen LogP contribution in [0.4, 0.5) is 0 Å². The Morgan fingerprint density at radius 2 is 2.10 bits per heavy atom. The van der Waals surface area contributed by atoms with E-state index in [-0.39, 0.29) is 17.4 Å². The van der Waals surface area contributed by atoms with Crippen molar-refractivity contribution >= 4 is 5.91 Å². The van der Waals surface area contributed by atoms with Gasteiger partial charge in [-0.15, -0.1) is 0 Å². The highest BCUT2D eigenvalue weighted by Crippen LogP contribution is 2.48. The average molecular weight is 284 g/mol. The van der Waals surface area contributed by atoms with Crippen LogP contribution < -0.4 is 5.32 Å². The molecular weight excluding hydrogens is 256 g/mol. The number of nitrogens with one attached hydrogen (secondary N) is 1. The lowest BCUT2D eigenvalue weighted by atomic mass is 10.0. The van der Waals surface area contributed by atoms with Crippen molar-refractivity contribution in [2.75, 3.05) is 39.9 Å². The van der Waals surface area contributed by atoms with Gasteiger partial charge in [0, 0.05) is 33.4 Å². The molecule has 1 aliphatic carbocycles. The van der Waals surface area contributed by atoms with Gasteiger partial charge in [0.25, 0.3) is 0 Å². The van der Waals surface area contributed by atoms with Crippen LogP contribution in [0, 0.1) is 5.41 Å². The molecule has 0 aromatic carbocycles. The summed E-state index contributed by atoms with van der Waals surface area (Å²) in [5, 5.41) is 12.5. The number of methoxy groups -OCH3 is 1. The quantitative estimate of drug-likeness (QED) is 0.646. The Balaban J connectivity index is 1.56. The van der Waals surface area contributed by atoms with E-state index >= 15 is 0 Å². The van der Waals surface area contributed by atoms with Crippen LogP contribution >= 0.6 is 0 Å². The third kappa shape index (κ3) is 4.43. The fourth-order valence-electron chi connectivity index (χ4n) is 2.87. The minimum absolute atomic E-state index is 0.110. The van der Waals surface area contributed by atoms with Gasteiger partial charge in [-0.2, -0.15) is 0 Å². The lowest BCUT2D eigenvalue weighted by Gasteiger charge is -2.29. The molecular formula is C15H28N2O3. The van der Waals surface area contributed by atoms with Gasteiger partial charge in [-0.05, 0) is 45.1 Å². The number of carbonyl (C=O) groups excluding carboxylic acids is 1. The molecule has 1 saturated carbocycles. The molecule has 0 spiro atoms. The monoisotopic (exact) mass is 284 g/mol. The van der Waals surface area contributed by atoms with Crippen molar-refractivity contribution in [3.63, 3.8) is 0 Å². The van der Waals surface area contributed by atoms with E-state index in [1.54, 1.807) is 7.11 Å². The Bertz CT molecular complexity index is 310. The van der Waals surface area contributed by atoms with Crippen LogP contribution in [0.3, 0.4) is 0 Å². The van der Waals surface area contributed by atoms with E-state index in [1.165, 1.54) is 0 Å². The second-order valence-corrected chi connectivity index (χ2v) is 6.21. The first-order chi connectivity index (χ1) is 9.66. The van der Waals surface area contributed by atoms with Gasteiger partial charge in [-0.25, -0.2) is 0 Å². The molecule has 5 heteroatoms. The van der Waals surface area contributed by atoms with E-state index in [1.807, 2.05) is 0 Å². The minimum atomic E-state index is -0.120. The maximum atomic E-state index is 12.1. The van der Waals surface area contributed by atoms with Crippen LogP contribution in [0.15, 0.2) is 0 Å². The zero-order chi connectivity index (χ0) is 14.4. The van der Waals surface area contributed by atoms with Gasteiger partial charge in [-0.3, -0.25) is 4.79 Å². The molecule has 2 rings (SSSR count). The van der Waals surface area contributed by atoms with Crippen LogP contribution in [-0.2, 0) is 9.53 Å². The molecule has 0 atom stereocenters. The number of aliphatic hydroxyl groups is 1. The summed E-state index contributed by atoms with van der Waals surface area (Å²) < 4.78 is 5.07. The van der Waals surface area contributed by atoms with Crippen molar-refractivity contribution in [2.24, 2.45) is 5.41 Å². The number of likely N-dealkylation sites (tertiary alicyclic amines) is 1. The van der Waals surface area contributed by atoms with Gasteiger partial charge in [0.15, 0.2) is 0 Å². The highest BCUT2D eigenvalue weighted by atomic mass is 16.5. The van der Waals surface area contributed by atoms with E-state index in [0.717, 1.165) is 64.7 Å². The fourth-order valence-corrected chi connectivity index (χ4v) is 2.87. The number of hydrogen-bond acceptors (Lipinski definition) is 4. The lowest BCUT2D eigenvalue weighted by Crippen LogP contribution is -2.38. The number of carbonyl (C=O) groups is 1. The summed E-state index contributed by atoms with van der Waals surface area (Å²) in [5.41, 5.74) is -0.120. The SMILES string of the molecule is COCCC1(C(=O)NCCCN2CCC(O)CC2)CC1. The molecule has 20 heavy (non-hydrogen) atoms. The van der Waals surface area contributed by atoms with Gasteiger partial charge in [-0.1, -0.05) is 0 Å². The van der Waals surface area contributed by atoms with Crippen LogP contribution in [0.1, 0.15) is 38.5 Å². The molecule has 116 valence electrons. The molecule has 0 radical (unpaired) electrons. The number of nitrogens with zero attached hydrogens (tertiary/aromatic N) is 1. The highest BCUT2D eigenvalue weighted by Gasteiger charge is 2.48. The number of rotatable bonds is 8. The predicted molar refractivity (Wildman–Crippen MR) is 77.5 cm³/mol. The summed E-state index contributed by atoms with van der Waals surface area (Å²) in [5.74, 6) is 0.212. The first-order valence-electron chi connectivity index (χ1n) is 7.84. The lowest BCUT2D eigenvalue weighted by molar-refractivity contribution is -0.127. The molecule has 0 unspecified atom stereocenters. The molecule has 0 aromatic heterocycles. The zero-order valence-corrected chi connectivity index (χ0v) is 12.6. The molecule has 5 nitrogen and oxygen atoms in total. The molecule has 1 aliphatic heterocycles. The van der Waals surface area contributed by atoms with Gasteiger partial charge >= 0.3 is 0 Å². The number of amides is 1. The summed E-state index contributed by atoms with van der Waals surface area (Å²) in [6.45, 7) is 4.40. The standard InChI is InChI=1S/C15H28N2O3/c1-20-12-7-15(5-6-15)14(19)16-8-2-9-17-10-3-13(18)4-11-17/h13,18H,2-12H2,1H3,(H,16,19). The topological polar surface area (TPSA) is 61.8 Å². The minimum Gasteiger partial charge on any atom is -0.393 e. The number of piperidine rings is 1. The van der Waals surface area contributed by atoms with Crippen molar-refractivity contribution in [1.82, 2.24) is 10.2 Å². The summed E-state index contributed by atoms with van der Waals surface area (Å²) in [6.07, 6.45) is 5.50. The van der Waals surface area contributed by atoms with Crippen molar-refractivity contribution in [1.29, 1.82) is 0 Å². The van der Waals surface area contributed by atoms with Crippen molar-refractivity contribution in [3.8, 4) is 0 Å². The Labute approximate surface area is 121 Å². The molecule has 1 heterocycles. The first-order valence-corrected chi connectivity index (χ1v) is 7.84. The summed E-state index contributed by atoms with van der Waals surface area (Å²) in [7, 11) is 1.68. The van der Waals surface area contributed by atoms with E-state index in [2.05, 4.69) is 10.2 Å². The van der Waals surface area contributed by atoms with Crippen molar-refractivity contribution in [2.45, 2.75) is 44.6 Å². The Kier molecular flexibility index (Phi) is 5.81. The average Bonchev–Trinajstić information content (AvgIpc) is 3.24. The molecule has 0 aromatic rings.